The van der Waals surface area contributed by atoms with Crippen molar-refractivity contribution in [3.63, 3.8) is 0 Å². The smallest absolute Gasteiger partial charge is 0.329 e. The van der Waals surface area contributed by atoms with E-state index < -0.39 is 11.5 Å². The summed E-state index contributed by atoms with van der Waals surface area (Å²) in [6.07, 6.45) is 3.64. The number of hydrogen-bond donors (Lipinski definition) is 2. The number of rotatable bonds is 8. The fourth-order valence-electron chi connectivity index (χ4n) is 2.38. The van der Waals surface area contributed by atoms with Crippen molar-refractivity contribution in [1.82, 2.24) is 5.32 Å². The molecule has 1 rings (SSSR count). The number of carboxylic acid groups (broad SMARTS) is 1. The van der Waals surface area contributed by atoms with Gasteiger partial charge in [-0.3, -0.25) is 4.79 Å². The third-order valence-corrected chi connectivity index (χ3v) is 5.18. The second-order valence-electron chi connectivity index (χ2n) is 5.21. The lowest BCUT2D eigenvalue weighted by molar-refractivity contribution is -0.144. The first-order chi connectivity index (χ1) is 9.93. The Labute approximate surface area is 130 Å². The molecule has 0 aliphatic carbocycles. The molecule has 118 valence electrons. The molecule has 0 bridgehead atoms. The molecule has 0 spiro atoms. The van der Waals surface area contributed by atoms with Crippen molar-refractivity contribution in [3.05, 3.63) is 21.4 Å². The van der Waals surface area contributed by atoms with Gasteiger partial charge < -0.3 is 10.4 Å². The number of carbonyl (C=O) groups excluding carboxylic acids is 1. The topological polar surface area (TPSA) is 66.4 Å². The van der Waals surface area contributed by atoms with E-state index in [1.165, 1.54) is 21.8 Å². The normalized spacial score (nSPS) is 11.4. The third kappa shape index (κ3) is 3.84. The molecule has 1 aromatic rings. The number of carboxylic acids is 1. The minimum Gasteiger partial charge on any atom is -0.480 e. The Morgan fingerprint density at radius 3 is 2.29 bits per heavy atom. The number of amides is 1. The van der Waals surface area contributed by atoms with Crippen LogP contribution in [-0.2, 0) is 17.6 Å². The molecule has 21 heavy (non-hydrogen) atoms. The van der Waals surface area contributed by atoms with Gasteiger partial charge in [0, 0.05) is 4.88 Å². The molecule has 0 unspecified atom stereocenters. The van der Waals surface area contributed by atoms with Crippen molar-refractivity contribution in [2.45, 2.75) is 65.3 Å². The van der Waals surface area contributed by atoms with E-state index in [4.69, 9.17) is 0 Å². The first-order valence-electron chi connectivity index (χ1n) is 7.61. The fourth-order valence-corrected chi connectivity index (χ4v) is 3.63. The van der Waals surface area contributed by atoms with Crippen LogP contribution in [0.5, 0.6) is 0 Å². The van der Waals surface area contributed by atoms with Gasteiger partial charge in [-0.05, 0) is 37.3 Å². The third-order valence-electron chi connectivity index (χ3n) is 3.95. The van der Waals surface area contributed by atoms with Crippen LogP contribution < -0.4 is 5.32 Å². The molecule has 1 amide bonds. The van der Waals surface area contributed by atoms with Gasteiger partial charge in [0.2, 0.25) is 0 Å². The summed E-state index contributed by atoms with van der Waals surface area (Å²) in [5.74, 6) is -1.25. The van der Waals surface area contributed by atoms with Crippen LogP contribution in [0.3, 0.4) is 0 Å². The Morgan fingerprint density at radius 1 is 1.24 bits per heavy atom. The molecule has 0 fully saturated rings. The molecular weight excluding hydrogens is 286 g/mol. The maximum absolute atomic E-state index is 12.4. The molecule has 2 N–H and O–H groups in total. The highest BCUT2D eigenvalue weighted by molar-refractivity contribution is 7.14. The maximum atomic E-state index is 12.4. The van der Waals surface area contributed by atoms with E-state index in [2.05, 4.69) is 19.2 Å². The van der Waals surface area contributed by atoms with E-state index in [-0.39, 0.29) is 5.91 Å². The molecule has 4 nitrogen and oxygen atoms in total. The number of carbonyl (C=O) groups is 2. The molecule has 1 aromatic heterocycles. The molecule has 0 aliphatic rings. The van der Waals surface area contributed by atoms with Crippen LogP contribution in [0.1, 0.15) is 67.1 Å². The van der Waals surface area contributed by atoms with Gasteiger partial charge in [-0.1, -0.05) is 34.1 Å². The number of aryl methyl sites for hydroxylation is 2. The Balaban J connectivity index is 3.00. The summed E-state index contributed by atoms with van der Waals surface area (Å²) in [4.78, 5) is 25.7. The molecule has 0 atom stereocenters. The summed E-state index contributed by atoms with van der Waals surface area (Å²) in [5, 5.41) is 12.1. The molecule has 0 radical (unpaired) electrons. The summed E-state index contributed by atoms with van der Waals surface area (Å²) in [6.45, 7) is 7.75. The molecule has 0 saturated heterocycles. The standard InChI is InChI=1S/C16H25NO3S/c1-5-9-12-11(6-2)10-13(21-12)14(18)17-16(7-3,8-4)15(19)20/h10H,5-9H2,1-4H3,(H,17,18)(H,19,20). The number of aliphatic carboxylic acids is 1. The van der Waals surface area contributed by atoms with Crippen LogP contribution in [0, 0.1) is 0 Å². The molecule has 0 saturated carbocycles. The fraction of sp³-hybridized carbons (Fsp3) is 0.625. The Hall–Kier alpha value is -1.36. The minimum absolute atomic E-state index is 0.275. The zero-order valence-electron chi connectivity index (χ0n) is 13.3. The number of hydrogen-bond acceptors (Lipinski definition) is 3. The van der Waals surface area contributed by atoms with Gasteiger partial charge in [0.05, 0.1) is 4.88 Å². The van der Waals surface area contributed by atoms with E-state index in [1.54, 1.807) is 13.8 Å². The lowest BCUT2D eigenvalue weighted by Gasteiger charge is -2.27. The number of nitrogens with one attached hydrogen (secondary N) is 1. The predicted molar refractivity (Wildman–Crippen MR) is 86.1 cm³/mol. The zero-order chi connectivity index (χ0) is 16.0. The molecular formula is C16H25NO3S. The highest BCUT2D eigenvalue weighted by atomic mass is 32.1. The van der Waals surface area contributed by atoms with Crippen LogP contribution in [-0.4, -0.2) is 22.5 Å². The van der Waals surface area contributed by atoms with Crippen molar-refractivity contribution in [2.24, 2.45) is 0 Å². The summed E-state index contributed by atoms with van der Waals surface area (Å²) in [5.41, 5.74) is 0.0270. The first-order valence-corrected chi connectivity index (χ1v) is 8.43. The van der Waals surface area contributed by atoms with Crippen molar-refractivity contribution < 1.29 is 14.7 Å². The van der Waals surface area contributed by atoms with Gasteiger partial charge in [0.25, 0.3) is 5.91 Å². The summed E-state index contributed by atoms with van der Waals surface area (Å²) in [7, 11) is 0. The van der Waals surface area contributed by atoms with E-state index in [9.17, 15) is 14.7 Å². The summed E-state index contributed by atoms with van der Waals surface area (Å²) < 4.78 is 0. The van der Waals surface area contributed by atoms with Gasteiger partial charge in [0.15, 0.2) is 0 Å². The second kappa shape index (κ2) is 7.59. The Kier molecular flexibility index (Phi) is 6.40. The van der Waals surface area contributed by atoms with Crippen molar-refractivity contribution in [2.75, 3.05) is 0 Å². The van der Waals surface area contributed by atoms with Crippen LogP contribution in [0.2, 0.25) is 0 Å². The number of thiophene rings is 1. The van der Waals surface area contributed by atoms with Crippen molar-refractivity contribution in [3.8, 4) is 0 Å². The van der Waals surface area contributed by atoms with Gasteiger partial charge in [-0.25, -0.2) is 4.79 Å². The largest absolute Gasteiger partial charge is 0.480 e. The Morgan fingerprint density at radius 2 is 1.86 bits per heavy atom. The van der Waals surface area contributed by atoms with E-state index in [0.717, 1.165) is 19.3 Å². The highest BCUT2D eigenvalue weighted by Gasteiger charge is 2.37. The van der Waals surface area contributed by atoms with Gasteiger partial charge >= 0.3 is 5.97 Å². The van der Waals surface area contributed by atoms with Gasteiger partial charge in [0.1, 0.15) is 5.54 Å². The molecule has 0 aromatic carbocycles. The van der Waals surface area contributed by atoms with E-state index in [0.29, 0.717) is 17.7 Å². The SMILES string of the molecule is CCCc1sc(C(=O)NC(CC)(CC)C(=O)O)cc1CC. The lowest BCUT2D eigenvalue weighted by Crippen LogP contribution is -2.53. The summed E-state index contributed by atoms with van der Waals surface area (Å²) >= 11 is 1.49. The highest BCUT2D eigenvalue weighted by Crippen LogP contribution is 2.26. The predicted octanol–water partition coefficient (Wildman–Crippen LogP) is 3.64. The van der Waals surface area contributed by atoms with Crippen molar-refractivity contribution >= 4 is 23.2 Å². The first kappa shape index (κ1) is 17.7. The van der Waals surface area contributed by atoms with Gasteiger partial charge in [-0.2, -0.15) is 0 Å². The second-order valence-corrected chi connectivity index (χ2v) is 6.35. The van der Waals surface area contributed by atoms with Crippen molar-refractivity contribution in [1.29, 1.82) is 0 Å². The molecule has 1 heterocycles. The minimum atomic E-state index is -1.17. The van der Waals surface area contributed by atoms with Crippen LogP contribution in [0.4, 0.5) is 0 Å². The van der Waals surface area contributed by atoms with Crippen LogP contribution in [0.15, 0.2) is 6.07 Å². The molecule has 0 aliphatic heterocycles. The summed E-state index contributed by atoms with van der Waals surface area (Å²) in [6, 6.07) is 1.91. The average Bonchev–Trinajstić information content (AvgIpc) is 2.88. The lowest BCUT2D eigenvalue weighted by atomic mass is 9.93. The zero-order valence-corrected chi connectivity index (χ0v) is 14.1. The van der Waals surface area contributed by atoms with E-state index >= 15 is 0 Å². The quantitative estimate of drug-likeness (QED) is 0.770. The van der Waals surface area contributed by atoms with Crippen LogP contribution >= 0.6 is 11.3 Å². The molecule has 5 heteroatoms. The van der Waals surface area contributed by atoms with Gasteiger partial charge in [-0.15, -0.1) is 11.3 Å². The average molecular weight is 311 g/mol. The van der Waals surface area contributed by atoms with E-state index in [1.807, 2.05) is 6.07 Å². The Bertz CT molecular complexity index is 504. The monoisotopic (exact) mass is 311 g/mol. The van der Waals surface area contributed by atoms with Crippen LogP contribution in [0.25, 0.3) is 0 Å². The maximum Gasteiger partial charge on any atom is 0.329 e.